The van der Waals surface area contributed by atoms with Crippen molar-refractivity contribution in [1.82, 2.24) is 4.90 Å². The molecule has 7 heteroatoms. The van der Waals surface area contributed by atoms with Crippen molar-refractivity contribution < 1.29 is 28.9 Å². The summed E-state index contributed by atoms with van der Waals surface area (Å²) in [6, 6.07) is 16.5. The normalized spacial score (nSPS) is 13.1. The number of esters is 1. The molecule has 2 aromatic rings. The number of benzene rings is 2. The molecule has 2 rings (SSSR count). The number of carbonyl (C=O) groups is 2. The van der Waals surface area contributed by atoms with Gasteiger partial charge in [0.2, 0.25) is 0 Å². The van der Waals surface area contributed by atoms with Gasteiger partial charge in [-0.05, 0) is 57.7 Å². The quantitative estimate of drug-likeness (QED) is 0.316. The number of phenolic OH excluding ortho intramolecular Hbond substituents is 1. The average molecular weight is 458 g/mol. The second kappa shape index (κ2) is 11.7. The van der Waals surface area contributed by atoms with E-state index in [1.54, 1.807) is 39.8 Å². The van der Waals surface area contributed by atoms with Crippen LogP contribution in [-0.2, 0) is 31.8 Å². The maximum absolute atomic E-state index is 13.4. The van der Waals surface area contributed by atoms with Crippen LogP contribution in [0.25, 0.3) is 0 Å². The van der Waals surface area contributed by atoms with Crippen LogP contribution in [0.2, 0.25) is 0 Å². The fourth-order valence-corrected chi connectivity index (χ4v) is 3.42. The number of aromatic hydroxyl groups is 1. The van der Waals surface area contributed by atoms with Crippen molar-refractivity contribution in [1.29, 1.82) is 0 Å². The number of rotatable bonds is 10. The van der Waals surface area contributed by atoms with Gasteiger partial charge in [0, 0.05) is 13.5 Å². The van der Waals surface area contributed by atoms with Crippen molar-refractivity contribution >= 4 is 12.1 Å². The first-order valence-corrected chi connectivity index (χ1v) is 11.0. The molecule has 0 fully saturated rings. The summed E-state index contributed by atoms with van der Waals surface area (Å²) in [5.41, 5.74) is -0.432. The summed E-state index contributed by atoms with van der Waals surface area (Å²) in [5.74, 6) is -0.333. The minimum absolute atomic E-state index is 0.134. The van der Waals surface area contributed by atoms with Gasteiger partial charge in [-0.1, -0.05) is 48.5 Å². The molecular weight excluding hydrogens is 422 g/mol. The number of hydrogen-bond donors (Lipinski definition) is 1. The van der Waals surface area contributed by atoms with Crippen LogP contribution in [0.5, 0.6) is 5.75 Å². The number of carbonyl (C=O) groups excluding carboxylic acids is 2. The molecule has 0 saturated carbocycles. The minimum Gasteiger partial charge on any atom is -0.508 e. The lowest BCUT2D eigenvalue weighted by atomic mass is 9.91. The Hall–Kier alpha value is -3.06. The van der Waals surface area contributed by atoms with Crippen LogP contribution in [0.4, 0.5) is 4.79 Å². The standard InChI is InChI=1S/C26H35NO6/c1-25(2,3)33-24(30)27(19-31-5)26(4,18-20-12-7-6-8-13-20)23(29)32-17-11-15-21-14-9-10-16-22(21)28/h6-10,12-14,16,28H,11,15,17-19H2,1-5H3/t26-/m0/s1. The molecule has 0 aliphatic carbocycles. The third kappa shape index (κ3) is 7.79. The minimum atomic E-state index is -1.35. The largest absolute Gasteiger partial charge is 0.508 e. The third-order valence-electron chi connectivity index (χ3n) is 5.11. The van der Waals surface area contributed by atoms with Gasteiger partial charge in [0.15, 0.2) is 0 Å². The maximum atomic E-state index is 13.4. The van der Waals surface area contributed by atoms with Crippen LogP contribution >= 0.6 is 0 Å². The molecule has 1 atom stereocenters. The van der Waals surface area contributed by atoms with E-state index < -0.39 is 23.2 Å². The van der Waals surface area contributed by atoms with Crippen molar-refractivity contribution in [3.8, 4) is 5.75 Å². The second-order valence-corrected chi connectivity index (χ2v) is 9.13. The van der Waals surface area contributed by atoms with E-state index in [1.165, 1.54) is 12.0 Å². The molecule has 180 valence electrons. The molecule has 7 nitrogen and oxygen atoms in total. The van der Waals surface area contributed by atoms with Crippen LogP contribution in [0.3, 0.4) is 0 Å². The van der Waals surface area contributed by atoms with E-state index in [1.807, 2.05) is 42.5 Å². The highest BCUT2D eigenvalue weighted by atomic mass is 16.6. The third-order valence-corrected chi connectivity index (χ3v) is 5.11. The Morgan fingerprint density at radius 1 is 0.970 bits per heavy atom. The zero-order chi connectivity index (χ0) is 24.5. The maximum Gasteiger partial charge on any atom is 0.413 e. The molecule has 1 amide bonds. The second-order valence-electron chi connectivity index (χ2n) is 9.13. The Morgan fingerprint density at radius 2 is 1.61 bits per heavy atom. The summed E-state index contributed by atoms with van der Waals surface area (Å²) in [6.07, 6.45) is 0.660. The van der Waals surface area contributed by atoms with Gasteiger partial charge in [-0.15, -0.1) is 0 Å². The predicted octanol–water partition coefficient (Wildman–Crippen LogP) is 4.71. The molecule has 33 heavy (non-hydrogen) atoms. The Labute approximate surface area is 196 Å². The van der Waals surface area contributed by atoms with E-state index in [2.05, 4.69) is 0 Å². The number of para-hydroxylation sites is 1. The highest BCUT2D eigenvalue weighted by Gasteiger charge is 2.45. The van der Waals surface area contributed by atoms with E-state index in [4.69, 9.17) is 14.2 Å². The first kappa shape index (κ1) is 26.2. The molecule has 0 bridgehead atoms. The molecule has 0 unspecified atom stereocenters. The Balaban J connectivity index is 2.20. The van der Waals surface area contributed by atoms with Gasteiger partial charge < -0.3 is 19.3 Å². The van der Waals surface area contributed by atoms with Gasteiger partial charge in [-0.25, -0.2) is 9.59 Å². The fraction of sp³-hybridized carbons (Fsp3) is 0.462. The predicted molar refractivity (Wildman–Crippen MR) is 126 cm³/mol. The van der Waals surface area contributed by atoms with Crippen molar-refractivity contribution in [2.24, 2.45) is 0 Å². The van der Waals surface area contributed by atoms with Crippen LogP contribution < -0.4 is 0 Å². The summed E-state index contributed by atoms with van der Waals surface area (Å²) in [7, 11) is 1.46. The summed E-state index contributed by atoms with van der Waals surface area (Å²) < 4.78 is 16.4. The van der Waals surface area contributed by atoms with Gasteiger partial charge in [0.1, 0.15) is 23.6 Å². The topological polar surface area (TPSA) is 85.3 Å². The molecule has 0 aliphatic heterocycles. The van der Waals surface area contributed by atoms with E-state index in [0.717, 1.165) is 11.1 Å². The summed E-state index contributed by atoms with van der Waals surface area (Å²) in [4.78, 5) is 27.7. The molecule has 0 aliphatic rings. The highest BCUT2D eigenvalue weighted by Crippen LogP contribution is 2.26. The first-order valence-electron chi connectivity index (χ1n) is 11.0. The number of nitrogens with zero attached hydrogens (tertiary/aromatic N) is 1. The molecule has 0 heterocycles. The molecule has 0 radical (unpaired) electrons. The van der Waals surface area contributed by atoms with E-state index in [-0.39, 0.29) is 25.5 Å². The van der Waals surface area contributed by atoms with Gasteiger partial charge in [-0.3, -0.25) is 4.90 Å². The SMILES string of the molecule is COCN(C(=O)OC(C)(C)C)[C@@](C)(Cc1ccccc1)C(=O)OCCCc1ccccc1O. The van der Waals surface area contributed by atoms with E-state index in [0.29, 0.717) is 12.8 Å². The number of aryl methyl sites for hydroxylation is 1. The number of phenols is 1. The molecule has 0 aromatic heterocycles. The lowest BCUT2D eigenvalue weighted by Gasteiger charge is -2.39. The van der Waals surface area contributed by atoms with Crippen LogP contribution in [0.15, 0.2) is 54.6 Å². The summed E-state index contributed by atoms with van der Waals surface area (Å²) >= 11 is 0. The van der Waals surface area contributed by atoms with Crippen molar-refractivity contribution in [2.45, 2.75) is 58.1 Å². The number of hydrogen-bond acceptors (Lipinski definition) is 6. The highest BCUT2D eigenvalue weighted by molar-refractivity contribution is 5.86. The smallest absolute Gasteiger partial charge is 0.413 e. The van der Waals surface area contributed by atoms with Crippen molar-refractivity contribution in [3.63, 3.8) is 0 Å². The lowest BCUT2D eigenvalue weighted by molar-refractivity contribution is -0.160. The number of amides is 1. The van der Waals surface area contributed by atoms with Crippen molar-refractivity contribution in [3.05, 3.63) is 65.7 Å². The molecular formula is C26H35NO6. The molecule has 0 saturated heterocycles. The zero-order valence-corrected chi connectivity index (χ0v) is 20.2. The zero-order valence-electron chi connectivity index (χ0n) is 20.2. The summed E-state index contributed by atoms with van der Waals surface area (Å²) in [6.45, 7) is 6.97. The number of methoxy groups -OCH3 is 1. The Morgan fingerprint density at radius 3 is 2.21 bits per heavy atom. The fourth-order valence-electron chi connectivity index (χ4n) is 3.42. The lowest BCUT2D eigenvalue weighted by Crippen LogP contribution is -2.58. The monoisotopic (exact) mass is 457 g/mol. The molecule has 2 aromatic carbocycles. The van der Waals surface area contributed by atoms with E-state index >= 15 is 0 Å². The molecule has 1 N–H and O–H groups in total. The van der Waals surface area contributed by atoms with Crippen molar-refractivity contribution in [2.75, 3.05) is 20.4 Å². The first-order chi connectivity index (χ1) is 15.6. The van der Waals surface area contributed by atoms with Gasteiger partial charge in [0.05, 0.1) is 6.61 Å². The molecule has 0 spiro atoms. The van der Waals surface area contributed by atoms with Crippen LogP contribution in [0, 0.1) is 0 Å². The van der Waals surface area contributed by atoms with Gasteiger partial charge in [0.25, 0.3) is 0 Å². The van der Waals surface area contributed by atoms with Gasteiger partial charge in [-0.2, -0.15) is 0 Å². The number of ether oxygens (including phenoxy) is 3. The Bertz CT molecular complexity index is 908. The average Bonchev–Trinajstić information content (AvgIpc) is 2.75. The van der Waals surface area contributed by atoms with Crippen LogP contribution in [-0.4, -0.2) is 53.7 Å². The summed E-state index contributed by atoms with van der Waals surface area (Å²) in [5, 5.41) is 9.92. The Kier molecular flexibility index (Phi) is 9.29. The van der Waals surface area contributed by atoms with E-state index in [9.17, 15) is 14.7 Å². The van der Waals surface area contributed by atoms with Gasteiger partial charge >= 0.3 is 12.1 Å². The van der Waals surface area contributed by atoms with Crippen LogP contribution in [0.1, 0.15) is 45.2 Å².